The molecular formula is C10H21NO2. The molecule has 0 aromatic heterocycles. The number of methoxy groups -OCH3 is 1. The summed E-state index contributed by atoms with van der Waals surface area (Å²) in [6.45, 7) is 3.55. The molecule has 1 unspecified atom stereocenters. The molecule has 2 N–H and O–H groups in total. The van der Waals surface area contributed by atoms with Crippen molar-refractivity contribution >= 4 is 0 Å². The van der Waals surface area contributed by atoms with Gasteiger partial charge in [-0.15, -0.1) is 0 Å². The van der Waals surface area contributed by atoms with Crippen LogP contribution in [-0.4, -0.2) is 37.0 Å². The molecule has 0 aromatic rings. The van der Waals surface area contributed by atoms with Crippen molar-refractivity contribution in [1.82, 2.24) is 5.32 Å². The first-order valence-electron chi connectivity index (χ1n) is 5.16. The molecule has 1 fully saturated rings. The molecule has 3 heteroatoms. The Morgan fingerprint density at radius 2 is 2.23 bits per heavy atom. The molecule has 0 amide bonds. The summed E-state index contributed by atoms with van der Waals surface area (Å²) in [5.74, 6) is 0. The lowest BCUT2D eigenvalue weighted by Gasteiger charge is -2.40. The molecule has 1 aliphatic carbocycles. The SMILES string of the molecule is CCC(O)CNCC1(OC)CCC1. The van der Waals surface area contributed by atoms with E-state index < -0.39 is 0 Å². The van der Waals surface area contributed by atoms with E-state index in [1.165, 1.54) is 6.42 Å². The van der Waals surface area contributed by atoms with Gasteiger partial charge in [-0.05, 0) is 25.7 Å². The van der Waals surface area contributed by atoms with Gasteiger partial charge in [0.2, 0.25) is 0 Å². The second-order valence-corrected chi connectivity index (χ2v) is 3.93. The Morgan fingerprint density at radius 1 is 1.54 bits per heavy atom. The summed E-state index contributed by atoms with van der Waals surface area (Å²) in [6.07, 6.45) is 4.17. The maximum Gasteiger partial charge on any atom is 0.0802 e. The van der Waals surface area contributed by atoms with Gasteiger partial charge in [0.25, 0.3) is 0 Å². The predicted octanol–water partition coefficient (Wildman–Crippen LogP) is 0.916. The smallest absolute Gasteiger partial charge is 0.0802 e. The number of hydrogen-bond donors (Lipinski definition) is 2. The lowest BCUT2D eigenvalue weighted by molar-refractivity contribution is -0.0703. The highest BCUT2D eigenvalue weighted by Crippen LogP contribution is 2.34. The highest BCUT2D eigenvalue weighted by molar-refractivity contribution is 4.91. The molecule has 0 saturated heterocycles. The first kappa shape index (κ1) is 11.0. The molecule has 13 heavy (non-hydrogen) atoms. The number of ether oxygens (including phenoxy) is 1. The first-order chi connectivity index (χ1) is 6.22. The number of hydrogen-bond acceptors (Lipinski definition) is 3. The van der Waals surface area contributed by atoms with Crippen LogP contribution < -0.4 is 5.32 Å². The second-order valence-electron chi connectivity index (χ2n) is 3.93. The third-order valence-electron chi connectivity index (χ3n) is 3.00. The maximum atomic E-state index is 9.31. The molecule has 0 radical (unpaired) electrons. The minimum Gasteiger partial charge on any atom is -0.392 e. The average Bonchev–Trinajstić information content (AvgIpc) is 2.09. The first-order valence-corrected chi connectivity index (χ1v) is 5.16. The summed E-state index contributed by atoms with van der Waals surface area (Å²) < 4.78 is 5.45. The normalized spacial score (nSPS) is 22.4. The van der Waals surface area contributed by atoms with Gasteiger partial charge in [0.15, 0.2) is 0 Å². The Bertz CT molecular complexity index is 140. The quantitative estimate of drug-likeness (QED) is 0.649. The molecule has 1 saturated carbocycles. The van der Waals surface area contributed by atoms with Crippen LogP contribution in [0.1, 0.15) is 32.6 Å². The number of aliphatic hydroxyl groups excluding tert-OH is 1. The summed E-state index contributed by atoms with van der Waals surface area (Å²) in [4.78, 5) is 0. The Morgan fingerprint density at radius 3 is 2.62 bits per heavy atom. The number of aliphatic hydroxyl groups is 1. The van der Waals surface area contributed by atoms with Crippen molar-refractivity contribution in [3.8, 4) is 0 Å². The van der Waals surface area contributed by atoms with E-state index in [0.717, 1.165) is 25.8 Å². The van der Waals surface area contributed by atoms with Crippen molar-refractivity contribution in [2.75, 3.05) is 20.2 Å². The lowest BCUT2D eigenvalue weighted by Crippen LogP contribution is -2.49. The summed E-state index contributed by atoms with van der Waals surface area (Å²) in [5, 5.41) is 12.6. The molecule has 0 aliphatic heterocycles. The number of nitrogens with one attached hydrogen (secondary N) is 1. The van der Waals surface area contributed by atoms with Crippen molar-refractivity contribution in [2.24, 2.45) is 0 Å². The molecule has 0 bridgehead atoms. The van der Waals surface area contributed by atoms with Crippen LogP contribution in [0.25, 0.3) is 0 Å². The van der Waals surface area contributed by atoms with Gasteiger partial charge in [-0.1, -0.05) is 6.92 Å². The van der Waals surface area contributed by atoms with Crippen molar-refractivity contribution in [1.29, 1.82) is 0 Å². The zero-order valence-corrected chi connectivity index (χ0v) is 8.68. The maximum absolute atomic E-state index is 9.31. The highest BCUT2D eigenvalue weighted by Gasteiger charge is 2.36. The summed E-state index contributed by atoms with van der Waals surface area (Å²) >= 11 is 0. The van der Waals surface area contributed by atoms with Gasteiger partial charge in [0.05, 0.1) is 11.7 Å². The Balaban J connectivity index is 2.10. The van der Waals surface area contributed by atoms with Crippen molar-refractivity contribution in [3.05, 3.63) is 0 Å². The van der Waals surface area contributed by atoms with Gasteiger partial charge in [-0.25, -0.2) is 0 Å². The van der Waals surface area contributed by atoms with E-state index in [4.69, 9.17) is 4.74 Å². The van der Waals surface area contributed by atoms with Crippen molar-refractivity contribution in [2.45, 2.75) is 44.3 Å². The Hall–Kier alpha value is -0.120. The zero-order chi connectivity index (χ0) is 9.73. The van der Waals surface area contributed by atoms with Crippen LogP contribution in [0.2, 0.25) is 0 Å². The van der Waals surface area contributed by atoms with Crippen LogP contribution in [0, 0.1) is 0 Å². The van der Waals surface area contributed by atoms with E-state index >= 15 is 0 Å². The van der Waals surface area contributed by atoms with E-state index in [2.05, 4.69) is 5.32 Å². The van der Waals surface area contributed by atoms with Crippen LogP contribution in [0.4, 0.5) is 0 Å². The van der Waals surface area contributed by atoms with Gasteiger partial charge >= 0.3 is 0 Å². The highest BCUT2D eigenvalue weighted by atomic mass is 16.5. The fraction of sp³-hybridized carbons (Fsp3) is 1.00. The van der Waals surface area contributed by atoms with Gasteiger partial charge in [-0.3, -0.25) is 0 Å². The fourth-order valence-corrected chi connectivity index (χ4v) is 1.64. The van der Waals surface area contributed by atoms with E-state index in [1.54, 1.807) is 7.11 Å². The van der Waals surface area contributed by atoms with E-state index in [-0.39, 0.29) is 11.7 Å². The standard InChI is InChI=1S/C10H21NO2/c1-3-9(12)7-11-8-10(13-2)5-4-6-10/h9,11-12H,3-8H2,1-2H3. The molecule has 0 spiro atoms. The van der Waals surface area contributed by atoms with Gasteiger partial charge in [-0.2, -0.15) is 0 Å². The average molecular weight is 187 g/mol. The Labute approximate surface area is 80.5 Å². The minimum atomic E-state index is -0.214. The van der Waals surface area contributed by atoms with Crippen LogP contribution >= 0.6 is 0 Å². The monoisotopic (exact) mass is 187 g/mol. The van der Waals surface area contributed by atoms with Crippen molar-refractivity contribution in [3.63, 3.8) is 0 Å². The molecule has 1 atom stereocenters. The minimum absolute atomic E-state index is 0.0768. The number of rotatable bonds is 6. The largest absolute Gasteiger partial charge is 0.392 e. The van der Waals surface area contributed by atoms with Gasteiger partial charge < -0.3 is 15.2 Å². The molecule has 0 aromatic carbocycles. The van der Waals surface area contributed by atoms with Crippen LogP contribution in [0.15, 0.2) is 0 Å². The van der Waals surface area contributed by atoms with Gasteiger partial charge in [0.1, 0.15) is 0 Å². The lowest BCUT2D eigenvalue weighted by atomic mass is 9.80. The van der Waals surface area contributed by atoms with E-state index in [9.17, 15) is 5.11 Å². The molecule has 1 rings (SSSR count). The van der Waals surface area contributed by atoms with Crippen LogP contribution in [-0.2, 0) is 4.74 Å². The second kappa shape index (κ2) is 4.94. The van der Waals surface area contributed by atoms with Crippen molar-refractivity contribution < 1.29 is 9.84 Å². The topological polar surface area (TPSA) is 41.5 Å². The molecular weight excluding hydrogens is 166 g/mol. The van der Waals surface area contributed by atoms with E-state index in [0.29, 0.717) is 6.54 Å². The summed E-state index contributed by atoms with van der Waals surface area (Å²) in [5.41, 5.74) is 0.0768. The van der Waals surface area contributed by atoms with Gasteiger partial charge in [0, 0.05) is 20.2 Å². The Kier molecular flexibility index (Phi) is 4.16. The predicted molar refractivity (Wildman–Crippen MR) is 52.8 cm³/mol. The molecule has 78 valence electrons. The fourth-order valence-electron chi connectivity index (χ4n) is 1.64. The van der Waals surface area contributed by atoms with E-state index in [1.807, 2.05) is 6.92 Å². The van der Waals surface area contributed by atoms with Crippen LogP contribution in [0.5, 0.6) is 0 Å². The summed E-state index contributed by atoms with van der Waals surface area (Å²) in [6, 6.07) is 0. The molecule has 0 heterocycles. The van der Waals surface area contributed by atoms with Crippen LogP contribution in [0.3, 0.4) is 0 Å². The third kappa shape index (κ3) is 2.93. The molecule has 1 aliphatic rings. The molecule has 3 nitrogen and oxygen atoms in total. The summed E-state index contributed by atoms with van der Waals surface area (Å²) in [7, 11) is 1.77. The zero-order valence-electron chi connectivity index (χ0n) is 8.68. The third-order valence-corrected chi connectivity index (χ3v) is 3.00.